The molecule has 0 aromatic heterocycles. The Labute approximate surface area is 149 Å². The van der Waals surface area contributed by atoms with Crippen LogP contribution in [0.5, 0.6) is 0 Å². The van der Waals surface area contributed by atoms with E-state index in [4.69, 9.17) is 0 Å². The molecule has 1 aliphatic rings. The second-order valence-electron chi connectivity index (χ2n) is 6.76. The summed E-state index contributed by atoms with van der Waals surface area (Å²) in [6.45, 7) is 6.92. The van der Waals surface area contributed by atoms with Gasteiger partial charge in [0.05, 0.1) is 10.1 Å². The van der Waals surface area contributed by atoms with Gasteiger partial charge in [-0.05, 0) is 62.8 Å². The third kappa shape index (κ3) is 3.43. The molecule has 0 atom stereocenters. The van der Waals surface area contributed by atoms with Crippen LogP contribution in [0.15, 0.2) is 11.0 Å². The summed E-state index contributed by atoms with van der Waals surface area (Å²) in [6, 6.07) is 1.71. The van der Waals surface area contributed by atoms with Gasteiger partial charge in [-0.15, -0.1) is 4.79 Å². The van der Waals surface area contributed by atoms with Crippen molar-refractivity contribution in [1.82, 2.24) is 0 Å². The largest absolute Gasteiger partial charge is 0.499 e. The van der Waals surface area contributed by atoms with Crippen molar-refractivity contribution < 1.29 is 21.6 Å². The smallest absolute Gasteiger partial charge is 0.359 e. The number of hydrogen-bond donors (Lipinski definition) is 0. The molecule has 1 aliphatic carbocycles. The van der Waals surface area contributed by atoms with Crippen LogP contribution in [0.2, 0.25) is 0 Å². The number of benzene rings is 1. The molecule has 6 nitrogen and oxygen atoms in total. The van der Waals surface area contributed by atoms with E-state index in [1.54, 1.807) is 26.8 Å². The Morgan fingerprint density at radius 2 is 1.52 bits per heavy atom. The lowest BCUT2D eigenvalue weighted by Gasteiger charge is -2.20. The first-order chi connectivity index (χ1) is 11.5. The van der Waals surface area contributed by atoms with Crippen LogP contribution in [0.4, 0.5) is 0 Å². The van der Waals surface area contributed by atoms with Crippen LogP contribution in [0.1, 0.15) is 54.4 Å². The quantitative estimate of drug-likeness (QED) is 0.338. The van der Waals surface area contributed by atoms with Crippen LogP contribution in [0.25, 0.3) is 5.53 Å². The van der Waals surface area contributed by atoms with Gasteiger partial charge in [0.25, 0.3) is 19.7 Å². The molecule has 1 aromatic rings. The Kier molecular flexibility index (Phi) is 5.56. The predicted octanol–water partition coefficient (Wildman–Crippen LogP) is 3.03. The topological polar surface area (TPSA) is 105 Å². The van der Waals surface area contributed by atoms with Gasteiger partial charge in [0, 0.05) is 0 Å². The molecule has 1 saturated carbocycles. The Morgan fingerprint density at radius 3 is 2.04 bits per heavy atom. The Morgan fingerprint density at radius 1 is 0.960 bits per heavy atom. The molecule has 1 fully saturated rings. The minimum Gasteiger partial charge on any atom is -0.359 e. The molecule has 0 heterocycles. The van der Waals surface area contributed by atoms with Crippen molar-refractivity contribution in [3.05, 3.63) is 33.9 Å². The summed E-state index contributed by atoms with van der Waals surface area (Å²) >= 11 is 0. The number of hydrogen-bond acceptors (Lipinski definition) is 4. The first kappa shape index (κ1) is 19.8. The second kappa shape index (κ2) is 7.02. The molecule has 0 radical (unpaired) electrons. The molecule has 0 bridgehead atoms. The standard InChI is InChI=1S/C17H24N2O4S2/c1-11-10-12(2)16(14(4)13(11)3)25(22,23)17(19-18)24(20,21)15-8-6-5-7-9-15/h10,15H,5-9H2,1-4H3. The lowest BCUT2D eigenvalue weighted by atomic mass is 10.0. The molecule has 2 rings (SSSR count). The minimum absolute atomic E-state index is 0.0808. The van der Waals surface area contributed by atoms with Crippen LogP contribution >= 0.6 is 0 Å². The van der Waals surface area contributed by atoms with E-state index in [9.17, 15) is 22.4 Å². The number of nitrogens with zero attached hydrogens (tertiary/aromatic N) is 2. The van der Waals surface area contributed by atoms with Gasteiger partial charge in [-0.3, -0.25) is 0 Å². The van der Waals surface area contributed by atoms with E-state index in [1.807, 2.05) is 6.92 Å². The summed E-state index contributed by atoms with van der Waals surface area (Å²) in [4.78, 5) is 2.68. The summed E-state index contributed by atoms with van der Waals surface area (Å²) in [5, 5.41) is -0.811. The van der Waals surface area contributed by atoms with Crippen molar-refractivity contribution in [2.75, 3.05) is 0 Å². The molecule has 0 saturated heterocycles. The third-order valence-electron chi connectivity index (χ3n) is 5.10. The first-order valence-electron chi connectivity index (χ1n) is 8.33. The van der Waals surface area contributed by atoms with Crippen LogP contribution in [-0.4, -0.2) is 31.3 Å². The van der Waals surface area contributed by atoms with Crippen molar-refractivity contribution >= 4 is 24.1 Å². The fraction of sp³-hybridized carbons (Fsp3) is 0.588. The summed E-state index contributed by atoms with van der Waals surface area (Å²) in [5.41, 5.74) is 12.0. The average Bonchev–Trinajstić information content (AvgIpc) is 2.53. The summed E-state index contributed by atoms with van der Waals surface area (Å²) in [5.74, 6) is 0. The molecule has 0 unspecified atom stereocenters. The maximum absolute atomic E-state index is 13.1. The van der Waals surface area contributed by atoms with Crippen LogP contribution < -0.4 is 0 Å². The van der Waals surface area contributed by atoms with Crippen LogP contribution in [0.3, 0.4) is 0 Å². The van der Waals surface area contributed by atoms with E-state index < -0.39 is 29.3 Å². The van der Waals surface area contributed by atoms with Gasteiger partial charge < -0.3 is 5.53 Å². The fourth-order valence-electron chi connectivity index (χ4n) is 3.54. The van der Waals surface area contributed by atoms with E-state index in [2.05, 4.69) is 4.79 Å². The van der Waals surface area contributed by atoms with Gasteiger partial charge in [-0.2, -0.15) is 0 Å². The van der Waals surface area contributed by atoms with Crippen molar-refractivity contribution in [2.45, 2.75) is 69.9 Å². The van der Waals surface area contributed by atoms with Gasteiger partial charge in [0.15, 0.2) is 0 Å². The Bertz CT molecular complexity index is 951. The summed E-state index contributed by atoms with van der Waals surface area (Å²) < 4.78 is 50.7. The Balaban J connectivity index is 2.66. The van der Waals surface area contributed by atoms with E-state index in [1.165, 1.54) is 0 Å². The highest BCUT2D eigenvalue weighted by atomic mass is 32.3. The third-order valence-corrected chi connectivity index (χ3v) is 10.1. The van der Waals surface area contributed by atoms with Gasteiger partial charge in [0.1, 0.15) is 0 Å². The monoisotopic (exact) mass is 384 g/mol. The zero-order valence-electron chi connectivity index (χ0n) is 15.0. The first-order valence-corrected chi connectivity index (χ1v) is 11.4. The van der Waals surface area contributed by atoms with E-state index >= 15 is 0 Å². The molecule has 0 N–H and O–H groups in total. The van der Waals surface area contributed by atoms with Crippen LogP contribution in [-0.2, 0) is 19.7 Å². The van der Waals surface area contributed by atoms with E-state index in [-0.39, 0.29) is 4.90 Å². The highest BCUT2D eigenvalue weighted by molar-refractivity contribution is 8.31. The van der Waals surface area contributed by atoms with Crippen molar-refractivity contribution in [1.29, 1.82) is 0 Å². The second-order valence-corrected chi connectivity index (χ2v) is 11.0. The van der Waals surface area contributed by atoms with Crippen LogP contribution in [0, 0.1) is 27.7 Å². The van der Waals surface area contributed by atoms with E-state index in [0.717, 1.165) is 30.4 Å². The minimum atomic E-state index is -4.45. The SMILES string of the molecule is Cc1cc(C)c(S(=O)(=O)C(=[N+]=[N-])S(=O)(=O)C2CCCCC2)c(C)c1C. The van der Waals surface area contributed by atoms with Crippen molar-refractivity contribution in [2.24, 2.45) is 0 Å². The maximum atomic E-state index is 13.1. The fourth-order valence-corrected chi connectivity index (χ4v) is 8.10. The molecule has 0 amide bonds. The zero-order valence-corrected chi connectivity index (χ0v) is 16.7. The lowest BCUT2D eigenvalue weighted by Crippen LogP contribution is -2.36. The molecule has 8 heteroatoms. The molecule has 25 heavy (non-hydrogen) atoms. The number of aryl methyl sites for hydroxylation is 2. The van der Waals surface area contributed by atoms with E-state index in [0.29, 0.717) is 24.0 Å². The lowest BCUT2D eigenvalue weighted by molar-refractivity contribution is 0.00369. The molecule has 138 valence electrons. The summed E-state index contributed by atoms with van der Waals surface area (Å²) in [6.07, 6.45) is 3.16. The average molecular weight is 385 g/mol. The number of rotatable bonds is 2. The predicted molar refractivity (Wildman–Crippen MR) is 97.0 cm³/mol. The molecule has 0 spiro atoms. The van der Waals surface area contributed by atoms with Gasteiger partial charge >= 0.3 is 4.38 Å². The highest BCUT2D eigenvalue weighted by Crippen LogP contribution is 2.31. The van der Waals surface area contributed by atoms with Gasteiger partial charge in [0.2, 0.25) is 0 Å². The zero-order chi connectivity index (χ0) is 19.0. The van der Waals surface area contributed by atoms with Gasteiger partial charge in [-0.1, -0.05) is 25.3 Å². The molecular formula is C17H24N2O4S2. The number of sulfone groups is 2. The van der Waals surface area contributed by atoms with Gasteiger partial charge in [-0.25, -0.2) is 16.8 Å². The van der Waals surface area contributed by atoms with Crippen molar-refractivity contribution in [3.63, 3.8) is 0 Å². The van der Waals surface area contributed by atoms with Crippen molar-refractivity contribution in [3.8, 4) is 0 Å². The highest BCUT2D eigenvalue weighted by Gasteiger charge is 2.48. The molecular weight excluding hydrogens is 360 g/mol. The molecule has 1 aromatic carbocycles. The summed E-state index contributed by atoms with van der Waals surface area (Å²) in [7, 11) is -8.67. The molecule has 0 aliphatic heterocycles. The normalized spacial score (nSPS) is 16.5. The Hall–Kier alpha value is -1.50. The maximum Gasteiger partial charge on any atom is 0.499 e.